The van der Waals surface area contributed by atoms with Crippen molar-refractivity contribution in [3.63, 3.8) is 0 Å². The Morgan fingerprint density at radius 1 is 1.29 bits per heavy atom. The van der Waals surface area contributed by atoms with Gasteiger partial charge in [0.15, 0.2) is 0 Å². The maximum Gasteiger partial charge on any atom is 0.308 e. The van der Waals surface area contributed by atoms with E-state index >= 15 is 0 Å². The number of carbonyl (C=O) groups is 3. The van der Waals surface area contributed by atoms with E-state index in [1.54, 1.807) is 4.90 Å². The van der Waals surface area contributed by atoms with Crippen molar-refractivity contribution < 1.29 is 19.1 Å². The number of nitrogens with one attached hydrogen (secondary N) is 1. The number of hydrogen-bond donors (Lipinski definition) is 2. The van der Waals surface area contributed by atoms with Crippen LogP contribution < -0.4 is 11.1 Å². The molecule has 0 aromatic heterocycles. The van der Waals surface area contributed by atoms with Crippen LogP contribution in [0.1, 0.15) is 26.7 Å². The molecule has 1 aliphatic rings. The lowest BCUT2D eigenvalue weighted by molar-refractivity contribution is -0.148. The number of hydrogen-bond acceptors (Lipinski definition) is 5. The molecule has 21 heavy (non-hydrogen) atoms. The molecule has 1 fully saturated rings. The number of methoxy groups -OCH3 is 1. The molecule has 0 saturated carbocycles. The molecule has 1 heterocycles. The lowest BCUT2D eigenvalue weighted by Crippen LogP contribution is -2.49. The van der Waals surface area contributed by atoms with Crippen LogP contribution in [-0.2, 0) is 19.1 Å². The molecule has 0 radical (unpaired) electrons. The summed E-state index contributed by atoms with van der Waals surface area (Å²) in [6.07, 6.45) is 1.19. The van der Waals surface area contributed by atoms with E-state index in [9.17, 15) is 14.4 Å². The third kappa shape index (κ3) is 5.00. The van der Waals surface area contributed by atoms with Crippen molar-refractivity contribution in [1.29, 1.82) is 0 Å². The fourth-order valence-corrected chi connectivity index (χ4v) is 2.23. The van der Waals surface area contributed by atoms with Crippen molar-refractivity contribution in [3.05, 3.63) is 0 Å². The zero-order valence-corrected chi connectivity index (χ0v) is 12.9. The van der Waals surface area contributed by atoms with Crippen molar-refractivity contribution >= 4 is 17.8 Å². The maximum atomic E-state index is 12.0. The van der Waals surface area contributed by atoms with E-state index in [-0.39, 0.29) is 36.2 Å². The van der Waals surface area contributed by atoms with Gasteiger partial charge in [0.25, 0.3) is 0 Å². The fourth-order valence-electron chi connectivity index (χ4n) is 2.23. The van der Waals surface area contributed by atoms with Crippen LogP contribution in [0.5, 0.6) is 0 Å². The minimum Gasteiger partial charge on any atom is -0.469 e. The van der Waals surface area contributed by atoms with Crippen molar-refractivity contribution in [2.75, 3.05) is 26.7 Å². The number of ether oxygens (including phenoxy) is 1. The van der Waals surface area contributed by atoms with Gasteiger partial charge in [-0.05, 0) is 18.8 Å². The summed E-state index contributed by atoms with van der Waals surface area (Å²) in [4.78, 5) is 36.7. The van der Waals surface area contributed by atoms with Crippen molar-refractivity contribution in [1.82, 2.24) is 10.2 Å². The SMILES string of the molecule is COC(=O)C1CCN(C(=O)CNC(=O)[C@@H](N)C(C)C)CC1. The molecule has 0 aromatic rings. The number of nitrogens with two attached hydrogens (primary N) is 1. The smallest absolute Gasteiger partial charge is 0.308 e. The first-order valence-corrected chi connectivity index (χ1v) is 7.25. The molecule has 3 N–H and O–H groups in total. The second-order valence-electron chi connectivity index (χ2n) is 5.67. The third-order valence-electron chi connectivity index (χ3n) is 3.82. The molecule has 0 bridgehead atoms. The van der Waals surface area contributed by atoms with Crippen LogP contribution >= 0.6 is 0 Å². The van der Waals surface area contributed by atoms with Crippen LogP contribution in [0.2, 0.25) is 0 Å². The van der Waals surface area contributed by atoms with Gasteiger partial charge in [-0.1, -0.05) is 13.8 Å². The molecule has 1 aliphatic heterocycles. The molecule has 1 atom stereocenters. The summed E-state index contributed by atoms with van der Waals surface area (Å²) in [7, 11) is 1.37. The molecule has 0 aromatic carbocycles. The zero-order valence-electron chi connectivity index (χ0n) is 12.9. The van der Waals surface area contributed by atoms with Gasteiger partial charge in [-0.25, -0.2) is 0 Å². The monoisotopic (exact) mass is 299 g/mol. The highest BCUT2D eigenvalue weighted by molar-refractivity contribution is 5.87. The Kier molecular flexibility index (Phi) is 6.61. The van der Waals surface area contributed by atoms with Crippen molar-refractivity contribution in [2.24, 2.45) is 17.6 Å². The van der Waals surface area contributed by atoms with Gasteiger partial charge in [0.2, 0.25) is 11.8 Å². The Hall–Kier alpha value is -1.63. The van der Waals surface area contributed by atoms with Crippen molar-refractivity contribution in [3.8, 4) is 0 Å². The fraction of sp³-hybridized carbons (Fsp3) is 0.786. The summed E-state index contributed by atoms with van der Waals surface area (Å²) in [6.45, 7) is 4.66. The quantitative estimate of drug-likeness (QED) is 0.666. The lowest BCUT2D eigenvalue weighted by Gasteiger charge is -2.30. The standard InChI is InChI=1S/C14H25N3O4/c1-9(2)12(15)13(19)16-8-11(18)17-6-4-10(5-7-17)14(20)21-3/h9-10,12H,4-8,15H2,1-3H3,(H,16,19)/t12-/m0/s1. The maximum absolute atomic E-state index is 12.0. The van der Waals surface area contributed by atoms with E-state index in [0.717, 1.165) is 0 Å². The van der Waals surface area contributed by atoms with Gasteiger partial charge in [-0.15, -0.1) is 0 Å². The first-order valence-electron chi connectivity index (χ1n) is 7.25. The first-order chi connectivity index (χ1) is 9.86. The molecule has 0 spiro atoms. The van der Waals surface area contributed by atoms with E-state index in [4.69, 9.17) is 10.5 Å². The zero-order chi connectivity index (χ0) is 16.0. The summed E-state index contributed by atoms with van der Waals surface area (Å²) in [5, 5.41) is 2.56. The summed E-state index contributed by atoms with van der Waals surface area (Å²) >= 11 is 0. The lowest BCUT2D eigenvalue weighted by atomic mass is 9.97. The molecule has 1 saturated heterocycles. The topological polar surface area (TPSA) is 102 Å². The van der Waals surface area contributed by atoms with Crippen LogP contribution in [0, 0.1) is 11.8 Å². The van der Waals surface area contributed by atoms with E-state index < -0.39 is 6.04 Å². The van der Waals surface area contributed by atoms with Crippen molar-refractivity contribution in [2.45, 2.75) is 32.7 Å². The Morgan fingerprint density at radius 2 is 1.86 bits per heavy atom. The minimum atomic E-state index is -0.608. The Labute approximate surface area is 125 Å². The van der Waals surface area contributed by atoms with Gasteiger partial charge in [0, 0.05) is 13.1 Å². The summed E-state index contributed by atoms with van der Waals surface area (Å²) in [6, 6.07) is -0.608. The minimum absolute atomic E-state index is 0.0240. The average Bonchev–Trinajstić information content (AvgIpc) is 2.50. The molecular formula is C14H25N3O4. The number of amides is 2. The van der Waals surface area contributed by atoms with Crippen LogP contribution in [0.15, 0.2) is 0 Å². The predicted molar refractivity (Wildman–Crippen MR) is 77.1 cm³/mol. The highest BCUT2D eigenvalue weighted by Gasteiger charge is 2.28. The normalized spacial score (nSPS) is 17.5. The predicted octanol–water partition coefficient (Wildman–Crippen LogP) is -0.502. The summed E-state index contributed by atoms with van der Waals surface area (Å²) < 4.78 is 4.70. The van der Waals surface area contributed by atoms with Gasteiger partial charge in [-0.3, -0.25) is 14.4 Å². The number of carbonyl (C=O) groups excluding carboxylic acids is 3. The van der Waals surface area contributed by atoms with Gasteiger partial charge in [0.1, 0.15) is 0 Å². The van der Waals surface area contributed by atoms with E-state index in [0.29, 0.717) is 25.9 Å². The Balaban J connectivity index is 2.35. The number of nitrogens with zero attached hydrogens (tertiary/aromatic N) is 1. The Bertz CT molecular complexity index is 390. The molecule has 120 valence electrons. The number of likely N-dealkylation sites (tertiary alicyclic amines) is 1. The number of piperidine rings is 1. The molecule has 2 amide bonds. The second-order valence-corrected chi connectivity index (χ2v) is 5.67. The van der Waals surface area contributed by atoms with E-state index in [2.05, 4.69) is 5.32 Å². The van der Waals surface area contributed by atoms with E-state index in [1.807, 2.05) is 13.8 Å². The molecule has 1 rings (SSSR count). The molecular weight excluding hydrogens is 274 g/mol. The Morgan fingerprint density at radius 3 is 2.33 bits per heavy atom. The third-order valence-corrected chi connectivity index (χ3v) is 3.82. The van der Waals surface area contributed by atoms with Gasteiger partial charge in [0.05, 0.1) is 25.6 Å². The highest BCUT2D eigenvalue weighted by atomic mass is 16.5. The van der Waals surface area contributed by atoms with E-state index in [1.165, 1.54) is 7.11 Å². The first kappa shape index (κ1) is 17.4. The highest BCUT2D eigenvalue weighted by Crippen LogP contribution is 2.18. The summed E-state index contributed by atoms with van der Waals surface area (Å²) in [5.41, 5.74) is 5.70. The largest absolute Gasteiger partial charge is 0.469 e. The average molecular weight is 299 g/mol. The van der Waals surface area contributed by atoms with Crippen LogP contribution in [0.25, 0.3) is 0 Å². The second kappa shape index (κ2) is 7.97. The number of rotatable bonds is 5. The van der Waals surface area contributed by atoms with Gasteiger partial charge >= 0.3 is 5.97 Å². The molecule has 7 heteroatoms. The van der Waals surface area contributed by atoms with Crippen LogP contribution in [0.4, 0.5) is 0 Å². The van der Waals surface area contributed by atoms with Crippen LogP contribution in [-0.4, -0.2) is 55.5 Å². The number of esters is 1. The molecule has 0 unspecified atom stereocenters. The van der Waals surface area contributed by atoms with Crippen LogP contribution in [0.3, 0.4) is 0 Å². The van der Waals surface area contributed by atoms with Gasteiger partial charge in [-0.2, -0.15) is 0 Å². The van der Waals surface area contributed by atoms with Gasteiger partial charge < -0.3 is 20.7 Å². The summed E-state index contributed by atoms with van der Waals surface area (Å²) in [5.74, 6) is -0.803. The molecule has 7 nitrogen and oxygen atoms in total. The molecule has 0 aliphatic carbocycles.